The smallest absolute Gasteiger partial charge is 0.230 e. The molecule has 1 aromatic rings. The third kappa shape index (κ3) is 4.12. The predicted octanol–water partition coefficient (Wildman–Crippen LogP) is 1.76. The van der Waals surface area contributed by atoms with Gasteiger partial charge in [0.15, 0.2) is 9.84 Å². The van der Waals surface area contributed by atoms with Crippen LogP contribution in [0.3, 0.4) is 0 Å². The average molecular weight is 369 g/mol. The van der Waals surface area contributed by atoms with Crippen LogP contribution in [0.1, 0.15) is 17.6 Å². The van der Waals surface area contributed by atoms with Crippen molar-refractivity contribution in [2.24, 2.45) is 0 Å². The van der Waals surface area contributed by atoms with E-state index >= 15 is 0 Å². The summed E-state index contributed by atoms with van der Waals surface area (Å²) in [6.07, 6.45) is 0.141. The lowest BCUT2D eigenvalue weighted by Gasteiger charge is -2.34. The molecule has 0 bridgehead atoms. The Labute approximate surface area is 138 Å². The van der Waals surface area contributed by atoms with Crippen LogP contribution in [0.5, 0.6) is 0 Å². The number of carbonyl (C=O) groups is 1. The summed E-state index contributed by atoms with van der Waals surface area (Å²) in [5.41, 5.74) is 0.747. The van der Waals surface area contributed by atoms with Crippen molar-refractivity contribution in [1.29, 1.82) is 0 Å². The number of rotatable bonds is 5. The van der Waals surface area contributed by atoms with Gasteiger partial charge in [-0.05, 0) is 0 Å². The van der Waals surface area contributed by atoms with Crippen molar-refractivity contribution in [2.75, 3.05) is 23.8 Å². The Morgan fingerprint density at radius 1 is 1.57 bits per heavy atom. The van der Waals surface area contributed by atoms with Gasteiger partial charge in [-0.25, -0.2) is 13.4 Å². The zero-order valence-electron chi connectivity index (χ0n) is 11.6. The largest absolute Gasteiger partial charge is 0.324 e. The van der Waals surface area contributed by atoms with Crippen LogP contribution >= 0.6 is 34.7 Å². The molecule has 0 spiro atoms. The summed E-state index contributed by atoms with van der Waals surface area (Å²) >= 11 is 8.65. The molecule has 9 heteroatoms. The lowest BCUT2D eigenvalue weighted by atomic mass is 10.3. The van der Waals surface area contributed by atoms with Crippen LogP contribution in [0.15, 0.2) is 5.38 Å². The predicted molar refractivity (Wildman–Crippen MR) is 87.7 cm³/mol. The summed E-state index contributed by atoms with van der Waals surface area (Å²) < 4.78 is 24.3. The molecule has 1 aromatic heterocycles. The fraction of sp³-hybridized carbons (Fsp3) is 0.667. The molecule has 0 aromatic carbocycles. The number of hydrogen-bond acceptors (Lipinski definition) is 6. The molecule has 0 radical (unpaired) electrons. The first-order valence-corrected chi connectivity index (χ1v) is 10.8. The van der Waals surface area contributed by atoms with Crippen molar-refractivity contribution in [3.8, 4) is 0 Å². The van der Waals surface area contributed by atoms with E-state index in [4.69, 9.17) is 11.6 Å². The van der Waals surface area contributed by atoms with Gasteiger partial charge in [-0.3, -0.25) is 4.79 Å². The van der Waals surface area contributed by atoms with Crippen molar-refractivity contribution in [1.82, 2.24) is 9.88 Å². The molecule has 1 atom stereocenters. The number of halogens is 1. The lowest BCUT2D eigenvalue weighted by Crippen LogP contribution is -2.51. The van der Waals surface area contributed by atoms with Crippen molar-refractivity contribution >= 4 is 50.4 Å². The third-order valence-corrected chi connectivity index (χ3v) is 7.72. The highest BCUT2D eigenvalue weighted by Crippen LogP contribution is 2.23. The summed E-state index contributed by atoms with van der Waals surface area (Å²) in [4.78, 5) is 18.2. The Hall–Kier alpha value is -0.310. The van der Waals surface area contributed by atoms with Crippen LogP contribution in [-0.2, 0) is 26.9 Å². The van der Waals surface area contributed by atoms with Gasteiger partial charge in [-0.2, -0.15) is 11.8 Å². The molecular weight excluding hydrogens is 352 g/mol. The third-order valence-electron chi connectivity index (χ3n) is 3.26. The minimum Gasteiger partial charge on any atom is -0.324 e. The Balaban J connectivity index is 2.11. The maximum Gasteiger partial charge on any atom is 0.230 e. The molecule has 1 fully saturated rings. The highest BCUT2D eigenvalue weighted by molar-refractivity contribution is 8.01. The molecular formula is C12H17ClN2O3S3. The maximum atomic E-state index is 12.4. The van der Waals surface area contributed by atoms with Crippen molar-refractivity contribution in [3.63, 3.8) is 0 Å². The standard InChI is InChI=1S/C12H17ClN2O3S3/c1-2-21(17,18)12-8-19-4-3-15(12)11(16)5-10-14-9(6-13)7-20-10/h7,12H,2-6,8H2,1H3. The van der Waals surface area contributed by atoms with Gasteiger partial charge in [0, 0.05) is 29.2 Å². The van der Waals surface area contributed by atoms with Gasteiger partial charge in [-0.15, -0.1) is 22.9 Å². The second-order valence-corrected chi connectivity index (χ2v) is 9.42. The summed E-state index contributed by atoms with van der Waals surface area (Å²) in [5, 5.41) is 1.80. The van der Waals surface area contributed by atoms with Gasteiger partial charge < -0.3 is 4.90 Å². The van der Waals surface area contributed by atoms with Crippen LogP contribution in [0.25, 0.3) is 0 Å². The summed E-state index contributed by atoms with van der Waals surface area (Å²) in [5.74, 6) is 1.42. The van der Waals surface area contributed by atoms with Gasteiger partial charge in [0.05, 0.1) is 18.0 Å². The number of thioether (sulfide) groups is 1. The molecule has 0 saturated carbocycles. The molecule has 0 N–H and O–H groups in total. The van der Waals surface area contributed by atoms with Crippen LogP contribution in [0.2, 0.25) is 0 Å². The number of alkyl halides is 1. The molecule has 21 heavy (non-hydrogen) atoms. The molecule has 1 aliphatic rings. The molecule has 118 valence electrons. The molecule has 2 heterocycles. The van der Waals surface area contributed by atoms with Gasteiger partial charge in [0.2, 0.25) is 5.91 Å². The van der Waals surface area contributed by atoms with E-state index in [1.54, 1.807) is 18.7 Å². The van der Waals surface area contributed by atoms with Crippen molar-refractivity contribution < 1.29 is 13.2 Å². The molecule has 1 aliphatic heterocycles. The summed E-state index contributed by atoms with van der Waals surface area (Å²) in [7, 11) is -3.26. The van der Waals surface area contributed by atoms with Gasteiger partial charge in [0.1, 0.15) is 10.4 Å². The molecule has 5 nitrogen and oxygen atoms in total. The zero-order valence-corrected chi connectivity index (χ0v) is 14.8. The first-order valence-electron chi connectivity index (χ1n) is 6.56. The van der Waals surface area contributed by atoms with E-state index in [0.717, 1.165) is 11.4 Å². The minimum absolute atomic E-state index is 0.0512. The second kappa shape index (κ2) is 7.30. The SMILES string of the molecule is CCS(=O)(=O)C1CSCCN1C(=O)Cc1nc(CCl)cs1. The number of amides is 1. The highest BCUT2D eigenvalue weighted by atomic mass is 35.5. The van der Waals surface area contributed by atoms with E-state index in [2.05, 4.69) is 4.98 Å². The monoisotopic (exact) mass is 368 g/mol. The summed E-state index contributed by atoms with van der Waals surface area (Å²) in [6.45, 7) is 2.09. The number of aromatic nitrogens is 1. The van der Waals surface area contributed by atoms with Gasteiger partial charge in [-0.1, -0.05) is 6.92 Å². The number of hydrogen-bond donors (Lipinski definition) is 0. The Bertz CT molecular complexity index is 603. The maximum absolute atomic E-state index is 12.4. The zero-order chi connectivity index (χ0) is 15.5. The van der Waals surface area contributed by atoms with E-state index in [1.165, 1.54) is 16.2 Å². The van der Waals surface area contributed by atoms with Gasteiger partial charge in [0.25, 0.3) is 0 Å². The van der Waals surface area contributed by atoms with Crippen LogP contribution < -0.4 is 0 Å². The van der Waals surface area contributed by atoms with E-state index in [9.17, 15) is 13.2 Å². The van der Waals surface area contributed by atoms with E-state index < -0.39 is 15.2 Å². The molecule has 2 rings (SSSR count). The number of thiazole rings is 1. The highest BCUT2D eigenvalue weighted by Gasteiger charge is 2.35. The Kier molecular flexibility index (Phi) is 5.93. The normalized spacial score (nSPS) is 19.7. The van der Waals surface area contributed by atoms with E-state index in [1.807, 2.05) is 5.38 Å². The van der Waals surface area contributed by atoms with Gasteiger partial charge >= 0.3 is 0 Å². The first kappa shape index (κ1) is 17.1. The number of carbonyl (C=O) groups excluding carboxylic acids is 1. The first-order chi connectivity index (χ1) is 9.97. The quantitative estimate of drug-likeness (QED) is 0.741. The van der Waals surface area contributed by atoms with E-state index in [0.29, 0.717) is 23.2 Å². The van der Waals surface area contributed by atoms with Crippen LogP contribution in [-0.4, -0.2) is 53.4 Å². The lowest BCUT2D eigenvalue weighted by molar-refractivity contribution is -0.130. The fourth-order valence-electron chi connectivity index (χ4n) is 2.08. The molecule has 0 aliphatic carbocycles. The number of nitrogens with zero attached hydrogens (tertiary/aromatic N) is 2. The topological polar surface area (TPSA) is 67.3 Å². The average Bonchev–Trinajstić information content (AvgIpc) is 2.94. The molecule has 1 unspecified atom stereocenters. The van der Waals surface area contributed by atoms with Crippen LogP contribution in [0, 0.1) is 0 Å². The minimum atomic E-state index is -3.26. The van der Waals surface area contributed by atoms with Crippen LogP contribution in [0.4, 0.5) is 0 Å². The Morgan fingerprint density at radius 2 is 2.33 bits per heavy atom. The van der Waals surface area contributed by atoms with E-state index in [-0.39, 0.29) is 18.1 Å². The number of sulfone groups is 1. The summed E-state index contributed by atoms with van der Waals surface area (Å²) in [6, 6.07) is 0. The second-order valence-electron chi connectivity index (χ2n) is 4.61. The van der Waals surface area contributed by atoms with Crippen molar-refractivity contribution in [2.45, 2.75) is 24.6 Å². The molecule has 1 saturated heterocycles. The molecule has 1 amide bonds. The fourth-order valence-corrected chi connectivity index (χ4v) is 6.08. The van der Waals surface area contributed by atoms with Crippen molar-refractivity contribution in [3.05, 3.63) is 16.1 Å². The Morgan fingerprint density at radius 3 is 2.95 bits per heavy atom.